The number of hydrogen-bond acceptors (Lipinski definition) is 1. The summed E-state index contributed by atoms with van der Waals surface area (Å²) in [7, 11) is 0. The molecule has 0 fully saturated rings. The molecule has 2 heteroatoms. The van der Waals surface area contributed by atoms with E-state index in [9.17, 15) is 4.79 Å². The van der Waals surface area contributed by atoms with Crippen LogP contribution in [-0.4, -0.2) is 4.98 Å². The van der Waals surface area contributed by atoms with Crippen molar-refractivity contribution in [1.82, 2.24) is 4.98 Å². The average Bonchev–Trinajstić information content (AvgIpc) is 2.33. The lowest BCUT2D eigenvalue weighted by molar-refractivity contribution is 0.591. The summed E-state index contributed by atoms with van der Waals surface area (Å²) in [5, 5.41) is 0.808. The van der Waals surface area contributed by atoms with E-state index in [2.05, 4.69) is 45.7 Å². The second-order valence-corrected chi connectivity index (χ2v) is 7.17. The van der Waals surface area contributed by atoms with Gasteiger partial charge in [0.15, 0.2) is 5.43 Å². The van der Waals surface area contributed by atoms with Gasteiger partial charge in [0.1, 0.15) is 0 Å². The number of nitrogens with one attached hydrogen (secondary N) is 1. The molecule has 0 bridgehead atoms. The lowest BCUT2D eigenvalue weighted by Crippen LogP contribution is -2.16. The number of benzene rings is 1. The van der Waals surface area contributed by atoms with Gasteiger partial charge in [0, 0.05) is 22.2 Å². The van der Waals surface area contributed by atoms with Gasteiger partial charge >= 0.3 is 0 Å². The molecule has 2 aromatic rings. The fourth-order valence-corrected chi connectivity index (χ4v) is 2.52. The zero-order valence-electron chi connectivity index (χ0n) is 13.4. The molecule has 1 heterocycles. The summed E-state index contributed by atoms with van der Waals surface area (Å²) < 4.78 is 0. The molecule has 2 nitrogen and oxygen atoms in total. The van der Waals surface area contributed by atoms with Gasteiger partial charge < -0.3 is 4.98 Å². The summed E-state index contributed by atoms with van der Waals surface area (Å²) in [5.74, 6) is 0.538. The van der Waals surface area contributed by atoms with Crippen LogP contribution in [0.2, 0.25) is 0 Å². The molecule has 2 rings (SSSR count). The van der Waals surface area contributed by atoms with Crippen LogP contribution in [-0.2, 0) is 11.8 Å². The number of aromatic amines is 1. The highest BCUT2D eigenvalue weighted by molar-refractivity contribution is 5.80. The largest absolute Gasteiger partial charge is 0.358 e. The zero-order chi connectivity index (χ0) is 15.1. The van der Waals surface area contributed by atoms with Gasteiger partial charge in [-0.05, 0) is 42.4 Å². The van der Waals surface area contributed by atoms with E-state index in [1.54, 1.807) is 0 Å². The first kappa shape index (κ1) is 14.8. The fraction of sp³-hybridized carbons (Fsp3) is 0.500. The van der Waals surface area contributed by atoms with Gasteiger partial charge in [-0.3, -0.25) is 4.79 Å². The number of hydrogen-bond donors (Lipinski definition) is 1. The van der Waals surface area contributed by atoms with Gasteiger partial charge in [0.2, 0.25) is 0 Å². The molecule has 1 aromatic heterocycles. The topological polar surface area (TPSA) is 32.9 Å². The van der Waals surface area contributed by atoms with Gasteiger partial charge in [-0.2, -0.15) is 0 Å². The zero-order valence-corrected chi connectivity index (χ0v) is 13.4. The van der Waals surface area contributed by atoms with E-state index in [1.807, 2.05) is 19.1 Å². The molecular formula is C18H25NO. The van der Waals surface area contributed by atoms with E-state index in [0.717, 1.165) is 28.6 Å². The van der Waals surface area contributed by atoms with Crippen molar-refractivity contribution < 1.29 is 0 Å². The lowest BCUT2D eigenvalue weighted by atomic mass is 9.86. The van der Waals surface area contributed by atoms with E-state index >= 15 is 0 Å². The Morgan fingerprint density at radius 2 is 1.85 bits per heavy atom. The highest BCUT2D eigenvalue weighted by Gasteiger charge is 2.16. The molecule has 0 amide bonds. The first-order valence-electron chi connectivity index (χ1n) is 7.36. The second kappa shape index (κ2) is 5.08. The van der Waals surface area contributed by atoms with Crippen LogP contribution in [0.15, 0.2) is 23.0 Å². The van der Waals surface area contributed by atoms with Crippen molar-refractivity contribution in [2.45, 2.75) is 53.4 Å². The van der Waals surface area contributed by atoms with E-state index in [4.69, 9.17) is 0 Å². The van der Waals surface area contributed by atoms with Gasteiger partial charge in [-0.1, -0.05) is 40.7 Å². The standard InChI is InChI=1S/C18H25NO/c1-11(2)9-16-12(3)17(20)14-10-13(18(4,5)6)7-8-15(14)19-16/h7-8,10-11H,9H2,1-6H3,(H,19,20). The Balaban J connectivity index is 2.68. The van der Waals surface area contributed by atoms with Crippen LogP contribution in [0, 0.1) is 12.8 Å². The van der Waals surface area contributed by atoms with Crippen molar-refractivity contribution >= 4 is 10.9 Å². The molecule has 0 aliphatic carbocycles. The molecule has 1 aromatic carbocycles. The second-order valence-electron chi connectivity index (χ2n) is 7.17. The van der Waals surface area contributed by atoms with Crippen LogP contribution in [0.1, 0.15) is 51.4 Å². The van der Waals surface area contributed by atoms with E-state index in [0.29, 0.717) is 5.92 Å². The fourth-order valence-electron chi connectivity index (χ4n) is 2.52. The third-order valence-corrected chi connectivity index (χ3v) is 3.82. The Kier molecular flexibility index (Phi) is 3.77. The SMILES string of the molecule is Cc1c(CC(C)C)[nH]c2ccc(C(C)(C)C)cc2c1=O. The number of H-pyrrole nitrogens is 1. The minimum atomic E-state index is 0.0607. The molecular weight excluding hydrogens is 246 g/mol. The molecule has 0 unspecified atom stereocenters. The van der Waals surface area contributed by atoms with E-state index in [1.165, 1.54) is 5.56 Å². The van der Waals surface area contributed by atoms with E-state index in [-0.39, 0.29) is 10.8 Å². The third-order valence-electron chi connectivity index (χ3n) is 3.82. The first-order chi connectivity index (χ1) is 9.20. The van der Waals surface area contributed by atoms with Crippen LogP contribution < -0.4 is 5.43 Å². The Morgan fingerprint density at radius 1 is 1.20 bits per heavy atom. The Labute approximate surface area is 121 Å². The van der Waals surface area contributed by atoms with E-state index < -0.39 is 0 Å². The summed E-state index contributed by atoms with van der Waals surface area (Å²) in [4.78, 5) is 16.0. The minimum absolute atomic E-state index is 0.0607. The Morgan fingerprint density at radius 3 is 2.40 bits per heavy atom. The number of rotatable bonds is 2. The van der Waals surface area contributed by atoms with Gasteiger partial charge in [0.25, 0.3) is 0 Å². The Hall–Kier alpha value is -1.57. The van der Waals surface area contributed by atoms with Crippen molar-refractivity contribution in [3.8, 4) is 0 Å². The summed E-state index contributed by atoms with van der Waals surface area (Å²) in [5.41, 5.74) is 4.31. The molecule has 0 spiro atoms. The van der Waals surface area contributed by atoms with Crippen LogP contribution in [0.4, 0.5) is 0 Å². The van der Waals surface area contributed by atoms with Gasteiger partial charge in [0.05, 0.1) is 0 Å². The lowest BCUT2D eigenvalue weighted by Gasteiger charge is -2.20. The van der Waals surface area contributed by atoms with Gasteiger partial charge in [-0.15, -0.1) is 0 Å². The van der Waals surface area contributed by atoms with Crippen molar-refractivity contribution in [1.29, 1.82) is 0 Å². The maximum absolute atomic E-state index is 12.6. The predicted molar refractivity (Wildman–Crippen MR) is 86.5 cm³/mol. The van der Waals surface area contributed by atoms with Crippen molar-refractivity contribution in [3.05, 3.63) is 45.2 Å². The summed E-state index contributed by atoms with van der Waals surface area (Å²) in [6.07, 6.45) is 0.915. The van der Waals surface area contributed by atoms with Crippen LogP contribution in [0.3, 0.4) is 0 Å². The quantitative estimate of drug-likeness (QED) is 0.866. The predicted octanol–water partition coefficient (Wildman–Crippen LogP) is 4.33. The number of pyridine rings is 1. The van der Waals surface area contributed by atoms with Crippen molar-refractivity contribution in [2.24, 2.45) is 5.92 Å². The van der Waals surface area contributed by atoms with Crippen LogP contribution >= 0.6 is 0 Å². The maximum atomic E-state index is 12.6. The molecule has 1 N–H and O–H groups in total. The monoisotopic (exact) mass is 271 g/mol. The van der Waals surface area contributed by atoms with Crippen molar-refractivity contribution in [3.63, 3.8) is 0 Å². The molecule has 0 saturated carbocycles. The minimum Gasteiger partial charge on any atom is -0.358 e. The third kappa shape index (κ3) is 2.79. The summed E-state index contributed by atoms with van der Waals surface area (Å²) in [6.45, 7) is 12.8. The van der Waals surface area contributed by atoms with Gasteiger partial charge in [-0.25, -0.2) is 0 Å². The van der Waals surface area contributed by atoms with Crippen LogP contribution in [0.25, 0.3) is 10.9 Å². The highest BCUT2D eigenvalue weighted by Crippen LogP contribution is 2.25. The molecule has 0 atom stereocenters. The normalized spacial score (nSPS) is 12.3. The maximum Gasteiger partial charge on any atom is 0.192 e. The smallest absolute Gasteiger partial charge is 0.192 e. The molecule has 0 radical (unpaired) electrons. The summed E-state index contributed by atoms with van der Waals surface area (Å²) >= 11 is 0. The van der Waals surface area contributed by atoms with Crippen molar-refractivity contribution in [2.75, 3.05) is 0 Å². The molecule has 0 aliphatic rings. The average molecular weight is 271 g/mol. The molecule has 20 heavy (non-hydrogen) atoms. The first-order valence-corrected chi connectivity index (χ1v) is 7.36. The molecule has 0 aliphatic heterocycles. The highest BCUT2D eigenvalue weighted by atomic mass is 16.1. The summed E-state index contributed by atoms with van der Waals surface area (Å²) in [6, 6.07) is 6.20. The molecule has 0 saturated heterocycles. The van der Waals surface area contributed by atoms with Crippen LogP contribution in [0.5, 0.6) is 0 Å². The number of aromatic nitrogens is 1. The number of fused-ring (bicyclic) bond motifs is 1. The Bertz CT molecular complexity index is 687. The molecule has 108 valence electrons.